The highest BCUT2D eigenvalue weighted by Gasteiger charge is 2.37. The zero-order valence-electron chi connectivity index (χ0n) is 17.7. The number of halogens is 1. The number of hydrogen-bond donors (Lipinski definition) is 1. The molecule has 160 valence electrons. The van der Waals surface area contributed by atoms with Gasteiger partial charge in [0.2, 0.25) is 0 Å². The lowest BCUT2D eigenvalue weighted by atomic mass is 9.97. The van der Waals surface area contributed by atoms with Crippen LogP contribution in [-0.2, 0) is 16.0 Å². The highest BCUT2D eigenvalue weighted by molar-refractivity contribution is 9.10. The molecule has 0 aromatic heterocycles. The molecule has 5 nitrogen and oxygen atoms in total. The monoisotopic (exact) mass is 488 g/mol. The lowest BCUT2D eigenvalue weighted by molar-refractivity contribution is -0.122. The normalized spacial score (nSPS) is 15.3. The van der Waals surface area contributed by atoms with Crippen molar-refractivity contribution in [1.82, 2.24) is 5.32 Å². The number of nitrogens with zero attached hydrogens (tertiary/aromatic N) is 1. The fourth-order valence-electron chi connectivity index (χ4n) is 3.68. The molecule has 0 radical (unpaired) electrons. The molecular weight excluding hydrogens is 468 g/mol. The third kappa shape index (κ3) is 4.27. The van der Waals surface area contributed by atoms with Gasteiger partial charge in [0.15, 0.2) is 0 Å². The van der Waals surface area contributed by atoms with E-state index >= 15 is 0 Å². The number of hydrogen-bond acceptors (Lipinski definition) is 3. The topological polar surface area (TPSA) is 66.5 Å². The summed E-state index contributed by atoms with van der Waals surface area (Å²) in [5.41, 5.74) is 4.86. The maximum atomic E-state index is 13.3. The molecule has 1 aliphatic heterocycles. The molecule has 4 amide bonds. The van der Waals surface area contributed by atoms with Gasteiger partial charge in [-0.1, -0.05) is 70.5 Å². The molecule has 1 saturated heterocycles. The van der Waals surface area contributed by atoms with Crippen LogP contribution in [0.1, 0.15) is 27.8 Å². The van der Waals surface area contributed by atoms with E-state index < -0.39 is 17.8 Å². The maximum Gasteiger partial charge on any atom is 0.335 e. The number of nitrogens with one attached hydrogen (secondary N) is 1. The summed E-state index contributed by atoms with van der Waals surface area (Å²) in [6, 6.07) is 20.3. The number of urea groups is 1. The van der Waals surface area contributed by atoms with E-state index in [1.54, 1.807) is 12.1 Å². The first-order valence-corrected chi connectivity index (χ1v) is 10.9. The van der Waals surface area contributed by atoms with Gasteiger partial charge in [0, 0.05) is 4.47 Å². The van der Waals surface area contributed by atoms with E-state index in [0.717, 1.165) is 37.2 Å². The quantitative estimate of drug-likeness (QED) is 0.399. The molecule has 1 N–H and O–H groups in total. The second kappa shape index (κ2) is 8.93. The molecule has 1 heterocycles. The molecule has 4 rings (SSSR count). The molecule has 6 heteroatoms. The molecule has 0 atom stereocenters. The Morgan fingerprint density at radius 2 is 1.59 bits per heavy atom. The Hall–Kier alpha value is -3.51. The molecule has 32 heavy (non-hydrogen) atoms. The Bertz CT molecular complexity index is 1280. The van der Waals surface area contributed by atoms with E-state index in [-0.39, 0.29) is 5.57 Å². The summed E-state index contributed by atoms with van der Waals surface area (Å²) in [7, 11) is 0. The zero-order chi connectivity index (χ0) is 22.8. The third-order valence-corrected chi connectivity index (χ3v) is 6.17. The first-order valence-electron chi connectivity index (χ1n) is 10.1. The molecule has 0 bridgehead atoms. The van der Waals surface area contributed by atoms with Crippen LogP contribution in [0, 0.1) is 13.8 Å². The fraction of sp³-hybridized carbons (Fsp3) is 0.115. The van der Waals surface area contributed by atoms with Crippen LogP contribution in [0.5, 0.6) is 0 Å². The van der Waals surface area contributed by atoms with Crippen molar-refractivity contribution >= 4 is 45.5 Å². The first-order chi connectivity index (χ1) is 15.3. The molecular formula is C26H21BrN2O3. The van der Waals surface area contributed by atoms with Gasteiger partial charge in [-0.25, -0.2) is 9.69 Å². The summed E-state index contributed by atoms with van der Waals surface area (Å²) in [5.74, 6) is -1.33. The number of amides is 4. The van der Waals surface area contributed by atoms with Crippen LogP contribution in [0.25, 0.3) is 6.08 Å². The minimum Gasteiger partial charge on any atom is -0.273 e. The molecule has 1 aliphatic rings. The molecule has 0 saturated carbocycles. The second-order valence-corrected chi connectivity index (χ2v) is 8.57. The van der Waals surface area contributed by atoms with E-state index in [9.17, 15) is 14.4 Å². The smallest absolute Gasteiger partial charge is 0.273 e. The number of benzene rings is 3. The highest BCUT2D eigenvalue weighted by Crippen LogP contribution is 2.27. The van der Waals surface area contributed by atoms with Gasteiger partial charge in [0.1, 0.15) is 5.57 Å². The van der Waals surface area contributed by atoms with Gasteiger partial charge < -0.3 is 0 Å². The average molecular weight is 489 g/mol. The van der Waals surface area contributed by atoms with E-state index in [1.165, 1.54) is 0 Å². The van der Waals surface area contributed by atoms with Gasteiger partial charge in [-0.15, -0.1) is 0 Å². The minimum atomic E-state index is -0.743. The van der Waals surface area contributed by atoms with Crippen molar-refractivity contribution in [3.05, 3.63) is 105 Å². The highest BCUT2D eigenvalue weighted by atomic mass is 79.9. The number of aryl methyl sites for hydroxylation is 2. The average Bonchev–Trinajstić information content (AvgIpc) is 2.76. The van der Waals surface area contributed by atoms with Crippen molar-refractivity contribution in [3.63, 3.8) is 0 Å². The van der Waals surface area contributed by atoms with Crippen LogP contribution in [0.4, 0.5) is 10.5 Å². The number of anilines is 1. The molecule has 3 aromatic rings. The van der Waals surface area contributed by atoms with Crippen LogP contribution in [-0.4, -0.2) is 17.8 Å². The van der Waals surface area contributed by atoms with Crippen LogP contribution in [0.15, 0.2) is 76.8 Å². The summed E-state index contributed by atoms with van der Waals surface area (Å²) in [6.45, 7) is 3.71. The number of barbiturate groups is 1. The Kier molecular flexibility index (Phi) is 6.06. The second-order valence-electron chi connectivity index (χ2n) is 7.71. The van der Waals surface area contributed by atoms with Crippen molar-refractivity contribution < 1.29 is 14.4 Å². The zero-order valence-corrected chi connectivity index (χ0v) is 19.3. The summed E-state index contributed by atoms with van der Waals surface area (Å²) in [6.07, 6.45) is 2.19. The van der Waals surface area contributed by atoms with Gasteiger partial charge in [0.25, 0.3) is 11.8 Å². The molecule has 0 aliphatic carbocycles. The van der Waals surface area contributed by atoms with Gasteiger partial charge in [0.05, 0.1) is 5.69 Å². The van der Waals surface area contributed by atoms with Gasteiger partial charge in [-0.2, -0.15) is 0 Å². The van der Waals surface area contributed by atoms with Crippen LogP contribution in [0.3, 0.4) is 0 Å². The lowest BCUT2D eigenvalue weighted by Crippen LogP contribution is -2.54. The minimum absolute atomic E-state index is 0.0786. The Morgan fingerprint density at radius 3 is 2.34 bits per heavy atom. The van der Waals surface area contributed by atoms with Gasteiger partial charge >= 0.3 is 6.03 Å². The molecule has 0 unspecified atom stereocenters. The SMILES string of the molecule is Cc1ccc(C)c(N2C(=O)NC(=O)/C(=C\c3ccccc3Cc3ccccc3Br)C2=O)c1. The van der Waals surface area contributed by atoms with Crippen molar-refractivity contribution in [2.75, 3.05) is 4.90 Å². The molecule has 0 spiro atoms. The first kappa shape index (κ1) is 21.7. The number of rotatable bonds is 4. The standard InChI is InChI=1S/C26H21BrN2O3/c1-16-11-12-17(2)23(13-16)29-25(31)21(24(30)28-26(29)32)15-19-8-4-3-7-18(19)14-20-9-5-6-10-22(20)27/h3-13,15H,14H2,1-2H3,(H,28,30,32)/b21-15+. The molecule has 3 aromatic carbocycles. The van der Waals surface area contributed by atoms with E-state index in [0.29, 0.717) is 12.1 Å². The largest absolute Gasteiger partial charge is 0.335 e. The Morgan fingerprint density at radius 1 is 0.906 bits per heavy atom. The predicted octanol–water partition coefficient (Wildman–Crippen LogP) is 5.32. The summed E-state index contributed by atoms with van der Waals surface area (Å²) < 4.78 is 0.987. The van der Waals surface area contributed by atoms with E-state index in [1.807, 2.05) is 74.5 Å². The van der Waals surface area contributed by atoms with Gasteiger partial charge in [-0.05, 0) is 66.3 Å². The summed E-state index contributed by atoms with van der Waals surface area (Å²) in [4.78, 5) is 39.5. The number of carbonyl (C=O) groups excluding carboxylic acids is 3. The van der Waals surface area contributed by atoms with Crippen LogP contribution < -0.4 is 10.2 Å². The van der Waals surface area contributed by atoms with E-state index in [2.05, 4.69) is 21.2 Å². The third-order valence-electron chi connectivity index (χ3n) is 5.40. The number of imide groups is 2. The fourth-order valence-corrected chi connectivity index (χ4v) is 4.10. The lowest BCUT2D eigenvalue weighted by Gasteiger charge is -2.28. The Labute approximate surface area is 194 Å². The van der Waals surface area contributed by atoms with Crippen LogP contribution >= 0.6 is 15.9 Å². The maximum absolute atomic E-state index is 13.3. The van der Waals surface area contributed by atoms with Crippen molar-refractivity contribution in [2.24, 2.45) is 0 Å². The summed E-state index contributed by atoms with van der Waals surface area (Å²) in [5, 5.41) is 2.31. The van der Waals surface area contributed by atoms with Crippen LogP contribution in [0.2, 0.25) is 0 Å². The van der Waals surface area contributed by atoms with Crippen molar-refractivity contribution in [1.29, 1.82) is 0 Å². The van der Waals surface area contributed by atoms with Crippen molar-refractivity contribution in [2.45, 2.75) is 20.3 Å². The van der Waals surface area contributed by atoms with Crippen molar-refractivity contribution in [3.8, 4) is 0 Å². The predicted molar refractivity (Wildman–Crippen MR) is 128 cm³/mol. The number of carbonyl (C=O) groups is 3. The Balaban J connectivity index is 1.75. The summed E-state index contributed by atoms with van der Waals surface area (Å²) >= 11 is 3.57. The molecule has 1 fully saturated rings. The van der Waals surface area contributed by atoms with Gasteiger partial charge in [-0.3, -0.25) is 14.9 Å². The van der Waals surface area contributed by atoms with E-state index in [4.69, 9.17) is 0 Å².